The first-order valence-electron chi connectivity index (χ1n) is 0. The topological polar surface area (TPSA) is 0 Å². The van der Waals surface area contributed by atoms with Gasteiger partial charge in [0, 0.05) is 136 Å². The summed E-state index contributed by atoms with van der Waals surface area (Å²) in [5, 5.41) is 0. The van der Waals surface area contributed by atoms with Crippen LogP contribution in [-0.2, 0) is 58.9 Å². The molecular formula is H4ErGdSiYZr. The van der Waals surface area contributed by atoms with Crippen molar-refractivity contribution in [3.8, 4) is 0 Å². The van der Waals surface area contributed by atoms with Gasteiger partial charge in [-0.15, -0.1) is 0 Å². The predicted octanol–water partition coefficient (Wildman–Crippen LogP) is -1.46. The van der Waals surface area contributed by atoms with Crippen molar-refractivity contribution in [2.24, 2.45) is 0 Å². The summed E-state index contributed by atoms with van der Waals surface area (Å²) in [6, 6.07) is 0. The summed E-state index contributed by atoms with van der Waals surface area (Å²) < 4.78 is 0. The molecule has 5 heavy (non-hydrogen) atoms. The van der Waals surface area contributed by atoms with Crippen molar-refractivity contribution in [1.29, 1.82) is 0 Å². The van der Waals surface area contributed by atoms with Crippen LogP contribution in [0.3, 0.4) is 0 Å². The number of hydrogen-bond donors (Lipinski definition) is 0. The molecule has 0 nitrogen and oxygen atoms in total. The zero-order valence-electron chi connectivity index (χ0n) is 1.72. The van der Waals surface area contributed by atoms with Gasteiger partial charge < -0.3 is 0 Å². The summed E-state index contributed by atoms with van der Waals surface area (Å²) >= 11 is 0. The van der Waals surface area contributed by atoms with E-state index in [9.17, 15) is 0 Å². The fraction of sp³-hybridized carbons (Fsp3) is 0. The fourth-order valence-corrected chi connectivity index (χ4v) is 0. The second-order valence-corrected chi connectivity index (χ2v) is 0. The number of hydrogen-bond acceptors (Lipinski definition) is 0. The Hall–Kier alpha value is 4.78. The van der Waals surface area contributed by atoms with Crippen LogP contribution in [0.15, 0.2) is 0 Å². The van der Waals surface area contributed by atoms with Gasteiger partial charge in [0.05, 0.1) is 0 Å². The Kier molecular flexibility index (Phi) is 154. The van der Waals surface area contributed by atoms with Crippen molar-refractivity contribution in [3.05, 3.63) is 0 Å². The van der Waals surface area contributed by atoms with Crippen LogP contribution < -0.4 is 0 Å². The average Bonchev–Trinajstić information content (AvgIpc) is 0. The van der Waals surface area contributed by atoms with Crippen molar-refractivity contribution in [1.82, 2.24) is 0 Å². The molecule has 0 aromatic heterocycles. The molecular weight excluding hydrogens is 533 g/mol. The Morgan fingerprint density at radius 1 is 1.00 bits per heavy atom. The molecule has 0 atom stereocenters. The van der Waals surface area contributed by atoms with Crippen LogP contribution in [0, 0.1) is 77.2 Å². The Balaban J connectivity index is 0. The Morgan fingerprint density at radius 2 is 1.00 bits per heavy atom. The summed E-state index contributed by atoms with van der Waals surface area (Å²) in [4.78, 5) is 0. The molecule has 0 rings (SSSR count). The van der Waals surface area contributed by atoms with E-state index in [1.807, 2.05) is 0 Å². The van der Waals surface area contributed by atoms with Gasteiger partial charge in [-0.1, -0.05) is 0 Å². The van der Waals surface area contributed by atoms with Crippen molar-refractivity contribution in [2.45, 2.75) is 0 Å². The number of rotatable bonds is 0. The van der Waals surface area contributed by atoms with Gasteiger partial charge in [-0.2, -0.15) is 0 Å². The molecule has 0 aliphatic rings. The van der Waals surface area contributed by atoms with Gasteiger partial charge in [-0.05, 0) is 11.0 Å². The first-order valence-corrected chi connectivity index (χ1v) is 0. The SMILES string of the molecule is [Er].[Gd].[SiH4].[Y].[Zr]. The Morgan fingerprint density at radius 3 is 1.00 bits per heavy atom. The van der Waals surface area contributed by atoms with E-state index in [4.69, 9.17) is 0 Å². The minimum Gasteiger partial charge on any atom is -0.0149 e. The van der Waals surface area contributed by atoms with E-state index in [0.717, 1.165) is 0 Å². The normalized spacial score (nSPS) is 0. The zero-order chi connectivity index (χ0) is 0. The van der Waals surface area contributed by atoms with Crippen molar-refractivity contribution in [3.63, 3.8) is 0 Å². The molecule has 0 N–H and O–H groups in total. The minimum absolute atomic E-state index is 0. The molecule has 0 heterocycles. The van der Waals surface area contributed by atoms with Gasteiger partial charge in [0.1, 0.15) is 0 Å². The van der Waals surface area contributed by atoms with Crippen LogP contribution in [-0.4, -0.2) is 11.0 Å². The molecule has 0 saturated heterocycles. The van der Waals surface area contributed by atoms with E-state index < -0.39 is 0 Å². The van der Waals surface area contributed by atoms with Gasteiger partial charge in [-0.3, -0.25) is 0 Å². The molecule has 0 aromatic rings. The van der Waals surface area contributed by atoms with Gasteiger partial charge in [0.2, 0.25) is 0 Å². The summed E-state index contributed by atoms with van der Waals surface area (Å²) in [6.07, 6.45) is 0. The third-order valence-electron chi connectivity index (χ3n) is 0. The molecule has 1 radical (unpaired) electrons. The first kappa shape index (κ1) is 33.0. The first-order chi connectivity index (χ1) is 0. The van der Waals surface area contributed by atoms with Crippen LogP contribution in [0.4, 0.5) is 0 Å². The third kappa shape index (κ3) is 17.7. The van der Waals surface area contributed by atoms with Crippen LogP contribution in [0.2, 0.25) is 0 Å². The van der Waals surface area contributed by atoms with Crippen molar-refractivity contribution in [2.75, 3.05) is 0 Å². The molecule has 0 aromatic carbocycles. The van der Waals surface area contributed by atoms with Gasteiger partial charge in [0.15, 0.2) is 0 Å². The van der Waals surface area contributed by atoms with E-state index in [1.165, 1.54) is 0 Å². The second-order valence-electron chi connectivity index (χ2n) is 0. The monoisotopic (exact) mass is 535 g/mol. The molecule has 35 valence electrons. The minimum atomic E-state index is 0. The van der Waals surface area contributed by atoms with Crippen molar-refractivity contribution < 1.29 is 136 Å². The van der Waals surface area contributed by atoms with E-state index in [0.29, 0.717) is 0 Å². The maximum atomic E-state index is 0. The summed E-state index contributed by atoms with van der Waals surface area (Å²) in [7, 11) is 0. The van der Waals surface area contributed by atoms with Crippen LogP contribution in [0.25, 0.3) is 0 Å². The molecule has 0 aliphatic heterocycles. The van der Waals surface area contributed by atoms with Gasteiger partial charge >= 0.3 is 0 Å². The standard InChI is InChI=1S/Er.Gd.H4Si.Y.Zr/h;;1H4;;. The molecule has 5 heteroatoms. The Bertz CT molecular complexity index is 11.6. The van der Waals surface area contributed by atoms with E-state index in [1.54, 1.807) is 0 Å². The van der Waals surface area contributed by atoms with E-state index >= 15 is 0 Å². The summed E-state index contributed by atoms with van der Waals surface area (Å²) in [5.74, 6) is 0. The second kappa shape index (κ2) is 23.3. The van der Waals surface area contributed by atoms with E-state index in [-0.39, 0.29) is 147 Å². The molecule has 0 aliphatic carbocycles. The van der Waals surface area contributed by atoms with Crippen molar-refractivity contribution >= 4 is 11.0 Å². The van der Waals surface area contributed by atoms with Crippen LogP contribution in [0.5, 0.6) is 0 Å². The zero-order valence-corrected chi connectivity index (χ0v) is 11.1. The molecule has 0 spiro atoms. The Labute approximate surface area is 143 Å². The summed E-state index contributed by atoms with van der Waals surface area (Å²) in [6.45, 7) is 0. The molecule has 0 saturated carbocycles. The fourth-order valence-electron chi connectivity index (χ4n) is 0. The maximum Gasteiger partial charge on any atom is 0 e. The summed E-state index contributed by atoms with van der Waals surface area (Å²) in [5.41, 5.74) is 0. The third-order valence-corrected chi connectivity index (χ3v) is 0. The van der Waals surface area contributed by atoms with Gasteiger partial charge in [0.25, 0.3) is 0 Å². The predicted molar refractivity (Wildman–Crippen MR) is 11.3 cm³/mol. The van der Waals surface area contributed by atoms with Crippen LogP contribution in [0.1, 0.15) is 0 Å². The molecule has 0 amide bonds. The maximum absolute atomic E-state index is 0. The molecule has 0 unspecified atom stereocenters. The molecule has 0 fully saturated rings. The van der Waals surface area contributed by atoms with E-state index in [2.05, 4.69) is 0 Å². The molecule has 0 bridgehead atoms. The van der Waals surface area contributed by atoms with Crippen LogP contribution >= 0.6 is 0 Å². The quantitative estimate of drug-likeness (QED) is 0.332. The smallest absolute Gasteiger partial charge is 0 e. The largest absolute Gasteiger partial charge is 0.0149 e. The van der Waals surface area contributed by atoms with Gasteiger partial charge in [-0.25, -0.2) is 0 Å². The average molecular weight is 537 g/mol.